The van der Waals surface area contributed by atoms with Crippen LogP contribution < -0.4 is 0 Å². The maximum Gasteiger partial charge on any atom is 0.0201 e. The summed E-state index contributed by atoms with van der Waals surface area (Å²) < 4.78 is 0. The van der Waals surface area contributed by atoms with E-state index in [1.54, 1.807) is 0 Å². The Morgan fingerprint density at radius 1 is 0.367 bits per heavy atom. The fourth-order valence-corrected chi connectivity index (χ4v) is 6.22. The standard InChI is InChI=1S/C28H18S2/c1-5-13-25-19(9-1)17-23(21-11-3-7-15-27(21)29-25)24-18-20-10-2-6-14-26(20)30-28-16-8-4-12-22(24)28/h1-18H. The maximum atomic E-state index is 2.37. The van der Waals surface area contributed by atoms with Crippen LogP contribution in [0.2, 0.25) is 0 Å². The molecule has 0 spiro atoms. The van der Waals surface area contributed by atoms with E-state index in [0.29, 0.717) is 0 Å². The summed E-state index contributed by atoms with van der Waals surface area (Å²) in [5.41, 5.74) is 7.71. The molecule has 4 aromatic rings. The highest BCUT2D eigenvalue weighted by molar-refractivity contribution is 7.99. The van der Waals surface area contributed by atoms with Gasteiger partial charge in [0.1, 0.15) is 0 Å². The molecular weight excluding hydrogens is 400 g/mol. The minimum atomic E-state index is 1.28. The van der Waals surface area contributed by atoms with E-state index in [1.165, 1.54) is 53.0 Å². The molecule has 0 amide bonds. The van der Waals surface area contributed by atoms with Crippen LogP contribution >= 0.6 is 23.5 Å². The van der Waals surface area contributed by atoms with E-state index in [9.17, 15) is 0 Å². The monoisotopic (exact) mass is 418 g/mol. The van der Waals surface area contributed by atoms with Crippen LogP contribution in [0.5, 0.6) is 0 Å². The quantitative estimate of drug-likeness (QED) is 0.304. The lowest BCUT2D eigenvalue weighted by Crippen LogP contribution is -1.93. The van der Waals surface area contributed by atoms with Crippen molar-refractivity contribution in [2.75, 3.05) is 0 Å². The lowest BCUT2D eigenvalue weighted by atomic mass is 9.89. The van der Waals surface area contributed by atoms with Gasteiger partial charge < -0.3 is 0 Å². The van der Waals surface area contributed by atoms with E-state index in [-0.39, 0.29) is 0 Å². The van der Waals surface area contributed by atoms with Crippen molar-refractivity contribution in [3.05, 3.63) is 119 Å². The van der Waals surface area contributed by atoms with Crippen molar-refractivity contribution in [2.24, 2.45) is 0 Å². The molecule has 0 nitrogen and oxygen atoms in total. The molecule has 0 aromatic heterocycles. The van der Waals surface area contributed by atoms with Gasteiger partial charge in [-0.3, -0.25) is 0 Å². The molecule has 142 valence electrons. The zero-order valence-corrected chi connectivity index (χ0v) is 17.8. The maximum absolute atomic E-state index is 2.37. The number of hydrogen-bond donors (Lipinski definition) is 0. The lowest BCUT2D eigenvalue weighted by molar-refractivity contribution is 1.37. The highest BCUT2D eigenvalue weighted by Gasteiger charge is 2.23. The van der Waals surface area contributed by atoms with Gasteiger partial charge in [0.25, 0.3) is 0 Å². The first-order valence-electron chi connectivity index (χ1n) is 10.0. The summed E-state index contributed by atoms with van der Waals surface area (Å²) in [4.78, 5) is 5.21. The van der Waals surface area contributed by atoms with Gasteiger partial charge in [0.05, 0.1) is 0 Å². The SMILES string of the molecule is C1=C(C2=Cc3ccccc3Sc3ccccc32)c2ccccc2Sc2ccccc21. The molecule has 2 heterocycles. The minimum absolute atomic E-state index is 1.28. The molecule has 0 aliphatic carbocycles. The minimum Gasteiger partial charge on any atom is -0.0888 e. The van der Waals surface area contributed by atoms with Crippen molar-refractivity contribution < 1.29 is 0 Å². The number of rotatable bonds is 1. The Morgan fingerprint density at radius 2 is 0.733 bits per heavy atom. The Morgan fingerprint density at radius 3 is 1.20 bits per heavy atom. The molecule has 0 saturated carbocycles. The molecule has 30 heavy (non-hydrogen) atoms. The van der Waals surface area contributed by atoms with Crippen molar-refractivity contribution in [2.45, 2.75) is 19.6 Å². The molecule has 6 rings (SSSR count). The first kappa shape index (κ1) is 17.9. The molecule has 0 N–H and O–H groups in total. The van der Waals surface area contributed by atoms with Crippen molar-refractivity contribution in [1.29, 1.82) is 0 Å². The van der Waals surface area contributed by atoms with Crippen LogP contribution in [0.3, 0.4) is 0 Å². The molecule has 0 atom stereocenters. The summed E-state index contributed by atoms with van der Waals surface area (Å²) >= 11 is 3.72. The molecule has 4 aromatic carbocycles. The summed E-state index contributed by atoms with van der Waals surface area (Å²) in [5, 5.41) is 0. The Labute approximate surface area is 185 Å². The highest BCUT2D eigenvalue weighted by Crippen LogP contribution is 2.49. The van der Waals surface area contributed by atoms with Crippen molar-refractivity contribution in [1.82, 2.24) is 0 Å². The van der Waals surface area contributed by atoms with Crippen LogP contribution in [0, 0.1) is 0 Å². The molecule has 2 heteroatoms. The molecule has 2 aliphatic rings. The van der Waals surface area contributed by atoms with Crippen LogP contribution in [-0.4, -0.2) is 0 Å². The van der Waals surface area contributed by atoms with Crippen LogP contribution in [0.1, 0.15) is 22.3 Å². The predicted octanol–water partition coefficient (Wildman–Crippen LogP) is 8.40. The summed E-state index contributed by atoms with van der Waals surface area (Å²) in [5.74, 6) is 0. The topological polar surface area (TPSA) is 0 Å². The van der Waals surface area contributed by atoms with E-state index < -0.39 is 0 Å². The Kier molecular flexibility index (Phi) is 4.40. The number of allylic oxidation sites excluding steroid dienone is 2. The fraction of sp³-hybridized carbons (Fsp3) is 0. The van der Waals surface area contributed by atoms with Gasteiger partial charge in [0.2, 0.25) is 0 Å². The van der Waals surface area contributed by atoms with Crippen LogP contribution in [-0.2, 0) is 0 Å². The van der Waals surface area contributed by atoms with Crippen molar-refractivity contribution >= 4 is 46.8 Å². The van der Waals surface area contributed by atoms with Crippen LogP contribution in [0.4, 0.5) is 0 Å². The fourth-order valence-electron chi connectivity index (χ4n) is 4.09. The van der Waals surface area contributed by atoms with Crippen molar-refractivity contribution in [3.63, 3.8) is 0 Å². The molecule has 0 unspecified atom stereocenters. The van der Waals surface area contributed by atoms with Gasteiger partial charge in [-0.05, 0) is 69.8 Å². The number of fused-ring (bicyclic) bond motifs is 4. The van der Waals surface area contributed by atoms with Gasteiger partial charge in [-0.2, -0.15) is 0 Å². The molecule has 0 radical (unpaired) electrons. The van der Waals surface area contributed by atoms with E-state index in [4.69, 9.17) is 0 Å². The van der Waals surface area contributed by atoms with E-state index >= 15 is 0 Å². The Hall–Kier alpha value is -2.94. The second-order valence-electron chi connectivity index (χ2n) is 7.39. The predicted molar refractivity (Wildman–Crippen MR) is 130 cm³/mol. The third kappa shape index (κ3) is 3.04. The average Bonchev–Trinajstić information content (AvgIpc) is 3.06. The van der Waals surface area contributed by atoms with Gasteiger partial charge in [0.15, 0.2) is 0 Å². The third-order valence-electron chi connectivity index (χ3n) is 5.52. The van der Waals surface area contributed by atoms with E-state index in [0.717, 1.165) is 0 Å². The Bertz CT molecular complexity index is 1240. The van der Waals surface area contributed by atoms with Gasteiger partial charge in [-0.15, -0.1) is 0 Å². The zero-order valence-electron chi connectivity index (χ0n) is 16.2. The first-order valence-corrected chi connectivity index (χ1v) is 11.7. The van der Waals surface area contributed by atoms with Crippen LogP contribution in [0.25, 0.3) is 23.3 Å². The molecule has 0 bridgehead atoms. The number of benzene rings is 4. The van der Waals surface area contributed by atoms with Gasteiger partial charge >= 0.3 is 0 Å². The van der Waals surface area contributed by atoms with Crippen molar-refractivity contribution in [3.8, 4) is 0 Å². The second kappa shape index (κ2) is 7.39. The van der Waals surface area contributed by atoms with Gasteiger partial charge in [0, 0.05) is 19.6 Å². The van der Waals surface area contributed by atoms with E-state index in [2.05, 4.69) is 109 Å². The highest BCUT2D eigenvalue weighted by atomic mass is 32.2. The molecular formula is C28H18S2. The average molecular weight is 419 g/mol. The largest absolute Gasteiger partial charge is 0.0888 e. The third-order valence-corrected chi connectivity index (χ3v) is 7.86. The zero-order chi connectivity index (χ0) is 19.9. The first-order chi connectivity index (χ1) is 14.9. The Balaban J connectivity index is 1.68. The smallest absolute Gasteiger partial charge is 0.0201 e. The summed E-state index contributed by atoms with van der Waals surface area (Å²) in [6, 6.07) is 35.0. The number of hydrogen-bond acceptors (Lipinski definition) is 2. The van der Waals surface area contributed by atoms with Gasteiger partial charge in [-0.25, -0.2) is 0 Å². The van der Waals surface area contributed by atoms with E-state index in [1.807, 2.05) is 23.5 Å². The summed E-state index contributed by atoms with van der Waals surface area (Å²) in [6.45, 7) is 0. The molecule has 0 saturated heterocycles. The lowest BCUT2D eigenvalue weighted by Gasteiger charge is -2.16. The molecule has 2 aliphatic heterocycles. The van der Waals surface area contributed by atoms with Gasteiger partial charge in [-0.1, -0.05) is 96.3 Å². The summed E-state index contributed by atoms with van der Waals surface area (Å²) in [7, 11) is 0. The molecule has 0 fully saturated rings. The second-order valence-corrected chi connectivity index (χ2v) is 9.56. The normalized spacial score (nSPS) is 14.1. The van der Waals surface area contributed by atoms with Crippen LogP contribution in [0.15, 0.2) is 117 Å². The summed E-state index contributed by atoms with van der Waals surface area (Å²) in [6.07, 6.45) is 4.74.